The van der Waals surface area contributed by atoms with Crippen LogP contribution in [0, 0.1) is 6.92 Å². The lowest BCUT2D eigenvalue weighted by molar-refractivity contribution is -0.118. The third kappa shape index (κ3) is 5.12. The minimum atomic E-state index is -0.327. The van der Waals surface area contributed by atoms with Crippen molar-refractivity contribution in [2.24, 2.45) is 0 Å². The third-order valence-electron chi connectivity index (χ3n) is 3.17. The molecule has 0 aliphatic rings. The fraction of sp³-hybridized carbons (Fsp3) is 0.263. The quantitative estimate of drug-likeness (QED) is 0.789. The zero-order chi connectivity index (χ0) is 17.5. The summed E-state index contributed by atoms with van der Waals surface area (Å²) in [5.74, 6) is 0.808. The van der Waals surface area contributed by atoms with E-state index in [4.69, 9.17) is 9.47 Å². The molecule has 5 heteroatoms. The Kier molecular flexibility index (Phi) is 5.95. The number of aryl methyl sites for hydroxylation is 1. The van der Waals surface area contributed by atoms with Crippen LogP contribution in [0.1, 0.15) is 29.8 Å². The Balaban J connectivity index is 2.03. The van der Waals surface area contributed by atoms with Crippen molar-refractivity contribution in [2.75, 3.05) is 11.9 Å². The van der Waals surface area contributed by atoms with Crippen molar-refractivity contribution in [3.8, 4) is 11.5 Å². The van der Waals surface area contributed by atoms with E-state index >= 15 is 0 Å². The highest BCUT2D eigenvalue weighted by molar-refractivity contribution is 5.94. The zero-order valence-electron chi connectivity index (χ0n) is 14.0. The Labute approximate surface area is 141 Å². The second-order valence-electron chi connectivity index (χ2n) is 5.69. The monoisotopic (exact) mass is 327 g/mol. The average Bonchev–Trinajstić information content (AvgIpc) is 2.55. The lowest BCUT2D eigenvalue weighted by Gasteiger charge is -2.15. The standard InChI is InChI=1S/C19H21NO4/c1-13(2)24-18-9-6-15(11-21)10-17(18)20-19(22)12-23-16-7-4-14(3)5-8-16/h4-11,13H,12H2,1-3H3,(H,20,22). The van der Waals surface area contributed by atoms with Crippen LogP contribution in [0.2, 0.25) is 0 Å². The number of anilines is 1. The van der Waals surface area contributed by atoms with Crippen molar-refractivity contribution in [1.29, 1.82) is 0 Å². The van der Waals surface area contributed by atoms with Gasteiger partial charge in [-0.3, -0.25) is 9.59 Å². The van der Waals surface area contributed by atoms with Gasteiger partial charge in [-0.25, -0.2) is 0 Å². The van der Waals surface area contributed by atoms with Gasteiger partial charge in [0.15, 0.2) is 6.61 Å². The van der Waals surface area contributed by atoms with Crippen LogP contribution in [0.4, 0.5) is 5.69 Å². The summed E-state index contributed by atoms with van der Waals surface area (Å²) >= 11 is 0. The average molecular weight is 327 g/mol. The highest BCUT2D eigenvalue weighted by atomic mass is 16.5. The minimum absolute atomic E-state index is 0.0495. The summed E-state index contributed by atoms with van der Waals surface area (Å²) in [6, 6.07) is 12.3. The summed E-state index contributed by atoms with van der Waals surface area (Å²) in [5, 5.41) is 2.72. The first-order valence-electron chi connectivity index (χ1n) is 7.73. The molecule has 0 atom stereocenters. The van der Waals surface area contributed by atoms with E-state index in [1.165, 1.54) is 0 Å². The van der Waals surface area contributed by atoms with E-state index in [-0.39, 0.29) is 18.6 Å². The normalized spacial score (nSPS) is 10.3. The number of nitrogens with one attached hydrogen (secondary N) is 1. The van der Waals surface area contributed by atoms with Crippen molar-refractivity contribution < 1.29 is 19.1 Å². The smallest absolute Gasteiger partial charge is 0.262 e. The number of hydrogen-bond donors (Lipinski definition) is 1. The van der Waals surface area contributed by atoms with E-state index in [1.807, 2.05) is 45.0 Å². The predicted molar refractivity (Wildman–Crippen MR) is 92.9 cm³/mol. The molecule has 2 aromatic rings. The van der Waals surface area contributed by atoms with Gasteiger partial charge in [-0.2, -0.15) is 0 Å². The number of hydrogen-bond acceptors (Lipinski definition) is 4. The van der Waals surface area contributed by atoms with Crippen molar-refractivity contribution in [2.45, 2.75) is 26.9 Å². The molecule has 0 bridgehead atoms. The fourth-order valence-electron chi connectivity index (χ4n) is 2.04. The molecule has 2 aromatic carbocycles. The van der Waals surface area contributed by atoms with Gasteiger partial charge in [0.25, 0.3) is 5.91 Å². The molecule has 0 radical (unpaired) electrons. The number of aldehydes is 1. The summed E-state index contributed by atoms with van der Waals surface area (Å²) in [5.41, 5.74) is 2.03. The maximum atomic E-state index is 12.1. The number of carbonyl (C=O) groups excluding carboxylic acids is 2. The summed E-state index contributed by atoms with van der Waals surface area (Å²) in [4.78, 5) is 23.0. The van der Waals surface area contributed by atoms with Gasteiger partial charge in [0.2, 0.25) is 0 Å². The Bertz CT molecular complexity index is 708. The maximum absolute atomic E-state index is 12.1. The van der Waals surface area contributed by atoms with Crippen molar-refractivity contribution in [1.82, 2.24) is 0 Å². The zero-order valence-corrected chi connectivity index (χ0v) is 14.0. The van der Waals surface area contributed by atoms with E-state index in [0.29, 0.717) is 22.7 Å². The van der Waals surface area contributed by atoms with Crippen LogP contribution in [0.15, 0.2) is 42.5 Å². The molecular formula is C19H21NO4. The van der Waals surface area contributed by atoms with E-state index in [9.17, 15) is 9.59 Å². The number of rotatable bonds is 7. The van der Waals surface area contributed by atoms with Gasteiger partial charge in [0, 0.05) is 5.56 Å². The van der Waals surface area contributed by atoms with E-state index in [2.05, 4.69) is 5.32 Å². The van der Waals surface area contributed by atoms with Crippen LogP contribution < -0.4 is 14.8 Å². The molecule has 5 nitrogen and oxygen atoms in total. The largest absolute Gasteiger partial charge is 0.489 e. The first-order valence-corrected chi connectivity index (χ1v) is 7.73. The summed E-state index contributed by atoms with van der Waals surface area (Å²) in [6.07, 6.45) is 0.670. The molecule has 1 N–H and O–H groups in total. The predicted octanol–water partition coefficient (Wildman–Crippen LogP) is 3.61. The number of benzene rings is 2. The van der Waals surface area contributed by atoms with Gasteiger partial charge in [-0.15, -0.1) is 0 Å². The topological polar surface area (TPSA) is 64.6 Å². The van der Waals surface area contributed by atoms with Crippen LogP contribution in [-0.2, 0) is 4.79 Å². The lowest BCUT2D eigenvalue weighted by atomic mass is 10.2. The second kappa shape index (κ2) is 8.15. The van der Waals surface area contributed by atoms with Crippen LogP contribution in [-0.4, -0.2) is 24.9 Å². The Hall–Kier alpha value is -2.82. The molecule has 1 amide bonds. The van der Waals surface area contributed by atoms with Gasteiger partial charge < -0.3 is 14.8 Å². The van der Waals surface area contributed by atoms with Gasteiger partial charge in [-0.05, 0) is 51.1 Å². The molecule has 0 aliphatic carbocycles. The van der Waals surface area contributed by atoms with Crippen molar-refractivity contribution >= 4 is 17.9 Å². The maximum Gasteiger partial charge on any atom is 0.262 e. The fourth-order valence-corrected chi connectivity index (χ4v) is 2.04. The molecule has 24 heavy (non-hydrogen) atoms. The molecule has 0 fully saturated rings. The van der Waals surface area contributed by atoms with Crippen LogP contribution >= 0.6 is 0 Å². The lowest BCUT2D eigenvalue weighted by Crippen LogP contribution is -2.21. The molecule has 0 spiro atoms. The molecule has 0 saturated carbocycles. The van der Waals surface area contributed by atoms with E-state index in [1.54, 1.807) is 18.2 Å². The molecule has 0 heterocycles. The van der Waals surface area contributed by atoms with Gasteiger partial charge >= 0.3 is 0 Å². The van der Waals surface area contributed by atoms with Crippen LogP contribution in [0.3, 0.4) is 0 Å². The van der Waals surface area contributed by atoms with Gasteiger partial charge in [0.05, 0.1) is 11.8 Å². The Morgan fingerprint density at radius 1 is 1.17 bits per heavy atom. The Morgan fingerprint density at radius 3 is 2.50 bits per heavy atom. The number of amides is 1. The number of ether oxygens (including phenoxy) is 2. The number of carbonyl (C=O) groups is 2. The molecule has 0 saturated heterocycles. The first-order chi connectivity index (χ1) is 11.5. The van der Waals surface area contributed by atoms with Gasteiger partial charge in [-0.1, -0.05) is 17.7 Å². The highest BCUT2D eigenvalue weighted by Crippen LogP contribution is 2.26. The molecule has 2 rings (SSSR count). The second-order valence-corrected chi connectivity index (χ2v) is 5.69. The summed E-state index contributed by atoms with van der Waals surface area (Å²) < 4.78 is 11.1. The molecular weight excluding hydrogens is 306 g/mol. The first kappa shape index (κ1) is 17.5. The van der Waals surface area contributed by atoms with Gasteiger partial charge in [0.1, 0.15) is 17.8 Å². The van der Waals surface area contributed by atoms with Crippen LogP contribution in [0.5, 0.6) is 11.5 Å². The Morgan fingerprint density at radius 2 is 1.88 bits per heavy atom. The van der Waals surface area contributed by atoms with Crippen molar-refractivity contribution in [3.63, 3.8) is 0 Å². The molecule has 0 aromatic heterocycles. The third-order valence-corrected chi connectivity index (χ3v) is 3.17. The SMILES string of the molecule is Cc1ccc(OCC(=O)Nc2cc(C=O)ccc2OC(C)C)cc1. The van der Waals surface area contributed by atoms with E-state index < -0.39 is 0 Å². The summed E-state index contributed by atoms with van der Waals surface area (Å²) in [6.45, 7) is 5.63. The van der Waals surface area contributed by atoms with E-state index in [0.717, 1.165) is 11.8 Å². The molecule has 126 valence electrons. The molecule has 0 unspecified atom stereocenters. The minimum Gasteiger partial charge on any atom is -0.489 e. The molecule has 0 aliphatic heterocycles. The highest BCUT2D eigenvalue weighted by Gasteiger charge is 2.11. The van der Waals surface area contributed by atoms with Crippen LogP contribution in [0.25, 0.3) is 0 Å². The summed E-state index contributed by atoms with van der Waals surface area (Å²) in [7, 11) is 0. The van der Waals surface area contributed by atoms with Crippen molar-refractivity contribution in [3.05, 3.63) is 53.6 Å².